The van der Waals surface area contributed by atoms with Gasteiger partial charge in [-0.1, -0.05) is 38.5 Å². The fourth-order valence-corrected chi connectivity index (χ4v) is 3.48. The lowest BCUT2D eigenvalue weighted by Gasteiger charge is -2.21. The molecule has 2 rings (SSSR count). The van der Waals surface area contributed by atoms with Crippen molar-refractivity contribution in [2.45, 2.75) is 52.1 Å². The predicted molar refractivity (Wildman–Crippen MR) is 82.4 cm³/mol. The highest BCUT2D eigenvalue weighted by Crippen LogP contribution is 2.30. The maximum Gasteiger partial charge on any atom is 0.0388 e. The molecule has 2 unspecified atom stereocenters. The monoisotopic (exact) mass is 261 g/mol. The van der Waals surface area contributed by atoms with E-state index in [9.17, 15) is 0 Å². The van der Waals surface area contributed by atoms with Crippen LogP contribution in [0.25, 0.3) is 10.1 Å². The molecule has 1 nitrogen and oxygen atoms in total. The van der Waals surface area contributed by atoms with Crippen molar-refractivity contribution < 1.29 is 0 Å². The van der Waals surface area contributed by atoms with Gasteiger partial charge in [0.05, 0.1) is 0 Å². The van der Waals surface area contributed by atoms with Crippen LogP contribution in [0.15, 0.2) is 30.3 Å². The van der Waals surface area contributed by atoms with Gasteiger partial charge in [0.15, 0.2) is 0 Å². The van der Waals surface area contributed by atoms with Crippen LogP contribution in [-0.2, 0) is 0 Å². The highest BCUT2D eigenvalue weighted by molar-refractivity contribution is 7.19. The summed E-state index contributed by atoms with van der Waals surface area (Å²) in [6, 6.07) is 12.1. The van der Waals surface area contributed by atoms with E-state index in [0.29, 0.717) is 12.1 Å². The number of nitrogens with one attached hydrogen (secondary N) is 1. The van der Waals surface area contributed by atoms with E-state index in [1.807, 2.05) is 11.3 Å². The molecule has 0 aliphatic rings. The van der Waals surface area contributed by atoms with E-state index in [4.69, 9.17) is 0 Å². The largest absolute Gasteiger partial charge is 0.307 e. The maximum absolute atomic E-state index is 3.76. The van der Waals surface area contributed by atoms with Crippen LogP contribution in [0.1, 0.15) is 51.0 Å². The minimum atomic E-state index is 0.457. The Kier molecular flexibility index (Phi) is 4.79. The average molecular weight is 261 g/mol. The standard InChI is InChI=1S/C16H23NS/c1-4-8-14(5-2)17-12(3)16-11-13-9-6-7-10-15(13)18-16/h6-7,9-12,14,17H,4-5,8H2,1-3H3. The molecule has 0 aliphatic heterocycles. The highest BCUT2D eigenvalue weighted by atomic mass is 32.1. The van der Waals surface area contributed by atoms with Gasteiger partial charge in [0, 0.05) is 21.7 Å². The SMILES string of the molecule is CCCC(CC)NC(C)c1cc2ccccc2s1. The fraction of sp³-hybridized carbons (Fsp3) is 0.500. The maximum atomic E-state index is 3.76. The molecule has 1 aromatic heterocycles. The lowest BCUT2D eigenvalue weighted by Crippen LogP contribution is -2.30. The van der Waals surface area contributed by atoms with Gasteiger partial charge in [0.1, 0.15) is 0 Å². The molecule has 98 valence electrons. The van der Waals surface area contributed by atoms with E-state index in [1.165, 1.54) is 34.2 Å². The van der Waals surface area contributed by atoms with Crippen LogP contribution in [0.4, 0.5) is 0 Å². The van der Waals surface area contributed by atoms with Crippen LogP contribution >= 0.6 is 11.3 Å². The zero-order valence-corrected chi connectivity index (χ0v) is 12.4. The van der Waals surface area contributed by atoms with E-state index in [-0.39, 0.29) is 0 Å². The summed E-state index contributed by atoms with van der Waals surface area (Å²) in [5, 5.41) is 5.13. The topological polar surface area (TPSA) is 12.0 Å². The van der Waals surface area contributed by atoms with E-state index >= 15 is 0 Å². The first kappa shape index (κ1) is 13.6. The van der Waals surface area contributed by atoms with Crippen LogP contribution < -0.4 is 5.32 Å². The normalized spacial score (nSPS) is 14.8. The Morgan fingerprint density at radius 3 is 2.67 bits per heavy atom. The summed E-state index contributed by atoms with van der Waals surface area (Å²) < 4.78 is 1.39. The average Bonchev–Trinajstić information content (AvgIpc) is 2.82. The third kappa shape index (κ3) is 3.12. The van der Waals surface area contributed by atoms with Gasteiger partial charge >= 0.3 is 0 Å². The van der Waals surface area contributed by atoms with E-state index in [2.05, 4.69) is 56.4 Å². The lowest BCUT2D eigenvalue weighted by molar-refractivity contribution is 0.420. The van der Waals surface area contributed by atoms with Gasteiger partial charge < -0.3 is 5.32 Å². The summed E-state index contributed by atoms with van der Waals surface area (Å²) in [5.41, 5.74) is 0. The van der Waals surface area contributed by atoms with Crippen LogP contribution in [0, 0.1) is 0 Å². The van der Waals surface area contributed by atoms with Gasteiger partial charge in [-0.3, -0.25) is 0 Å². The first-order valence-corrected chi connectivity index (χ1v) is 7.80. The number of hydrogen-bond acceptors (Lipinski definition) is 2. The summed E-state index contributed by atoms with van der Waals surface area (Å²) >= 11 is 1.91. The van der Waals surface area contributed by atoms with Crippen molar-refractivity contribution in [2.75, 3.05) is 0 Å². The molecule has 18 heavy (non-hydrogen) atoms. The summed E-state index contributed by atoms with van der Waals surface area (Å²) in [5.74, 6) is 0. The second kappa shape index (κ2) is 6.35. The molecule has 0 aliphatic carbocycles. The molecular formula is C16H23NS. The van der Waals surface area contributed by atoms with Crippen LogP contribution in [0.2, 0.25) is 0 Å². The Morgan fingerprint density at radius 1 is 1.22 bits per heavy atom. The van der Waals surface area contributed by atoms with E-state index in [1.54, 1.807) is 0 Å². The Labute approximate surface area is 114 Å². The minimum Gasteiger partial charge on any atom is -0.307 e. The fourth-order valence-electron chi connectivity index (χ4n) is 2.41. The highest BCUT2D eigenvalue weighted by Gasteiger charge is 2.13. The molecule has 2 atom stereocenters. The second-order valence-corrected chi connectivity index (χ2v) is 6.08. The van der Waals surface area contributed by atoms with Crippen LogP contribution in [-0.4, -0.2) is 6.04 Å². The third-order valence-corrected chi connectivity index (χ3v) is 4.79. The van der Waals surface area contributed by atoms with Crippen LogP contribution in [0.5, 0.6) is 0 Å². The van der Waals surface area contributed by atoms with Gasteiger partial charge in [-0.05, 0) is 37.3 Å². The van der Waals surface area contributed by atoms with Crippen LogP contribution in [0.3, 0.4) is 0 Å². The first-order chi connectivity index (χ1) is 8.74. The Morgan fingerprint density at radius 2 is 2.00 bits per heavy atom. The van der Waals surface area contributed by atoms with Gasteiger partial charge in [0.2, 0.25) is 0 Å². The van der Waals surface area contributed by atoms with Crippen molar-refractivity contribution in [1.29, 1.82) is 0 Å². The van der Waals surface area contributed by atoms with Crippen molar-refractivity contribution in [3.05, 3.63) is 35.2 Å². The molecular weight excluding hydrogens is 238 g/mol. The quantitative estimate of drug-likeness (QED) is 0.760. The summed E-state index contributed by atoms with van der Waals surface area (Å²) in [6.45, 7) is 6.81. The summed E-state index contributed by atoms with van der Waals surface area (Å²) in [7, 11) is 0. The molecule has 1 heterocycles. The molecule has 0 amide bonds. The van der Waals surface area contributed by atoms with E-state index < -0.39 is 0 Å². The van der Waals surface area contributed by atoms with Gasteiger partial charge in [0.25, 0.3) is 0 Å². The van der Waals surface area contributed by atoms with E-state index in [0.717, 1.165) is 0 Å². The van der Waals surface area contributed by atoms with Gasteiger partial charge in [-0.25, -0.2) is 0 Å². The molecule has 0 bridgehead atoms. The third-order valence-electron chi connectivity index (χ3n) is 3.49. The molecule has 1 aromatic carbocycles. The zero-order chi connectivity index (χ0) is 13.0. The Hall–Kier alpha value is -0.860. The molecule has 0 saturated carbocycles. The minimum absolute atomic E-state index is 0.457. The van der Waals surface area contributed by atoms with Crippen molar-refractivity contribution >= 4 is 21.4 Å². The molecule has 2 aromatic rings. The summed E-state index contributed by atoms with van der Waals surface area (Å²) in [6.07, 6.45) is 3.74. The molecule has 1 N–H and O–H groups in total. The van der Waals surface area contributed by atoms with Crippen molar-refractivity contribution in [3.63, 3.8) is 0 Å². The summed E-state index contributed by atoms with van der Waals surface area (Å²) in [4.78, 5) is 1.45. The van der Waals surface area contributed by atoms with Gasteiger partial charge in [-0.2, -0.15) is 0 Å². The number of benzene rings is 1. The number of rotatable bonds is 6. The number of hydrogen-bond donors (Lipinski definition) is 1. The molecule has 2 heteroatoms. The van der Waals surface area contributed by atoms with Crippen molar-refractivity contribution in [1.82, 2.24) is 5.32 Å². The second-order valence-electron chi connectivity index (χ2n) is 4.97. The molecule has 0 saturated heterocycles. The smallest absolute Gasteiger partial charge is 0.0388 e. The van der Waals surface area contributed by atoms with Gasteiger partial charge in [-0.15, -0.1) is 11.3 Å². The molecule has 0 fully saturated rings. The molecule has 0 radical (unpaired) electrons. The predicted octanol–water partition coefficient (Wildman–Crippen LogP) is 5.13. The number of fused-ring (bicyclic) bond motifs is 1. The Balaban J connectivity index is 2.10. The zero-order valence-electron chi connectivity index (χ0n) is 11.6. The number of thiophene rings is 1. The Bertz CT molecular complexity index is 456. The van der Waals surface area contributed by atoms with Crippen molar-refractivity contribution in [2.24, 2.45) is 0 Å². The first-order valence-electron chi connectivity index (χ1n) is 6.99. The van der Waals surface area contributed by atoms with Crippen molar-refractivity contribution in [3.8, 4) is 0 Å². The lowest BCUT2D eigenvalue weighted by atomic mass is 10.1. The molecule has 0 spiro atoms.